The third-order valence-electron chi connectivity index (χ3n) is 4.52. The summed E-state index contributed by atoms with van der Waals surface area (Å²) < 4.78 is 0. The van der Waals surface area contributed by atoms with E-state index in [1.807, 2.05) is 0 Å². The van der Waals surface area contributed by atoms with E-state index in [2.05, 4.69) is 63.8 Å². The first-order valence-corrected chi connectivity index (χ1v) is 8.11. The molecule has 0 aliphatic carbocycles. The van der Waals surface area contributed by atoms with Crippen molar-refractivity contribution in [1.82, 2.24) is 4.90 Å². The van der Waals surface area contributed by atoms with Gasteiger partial charge >= 0.3 is 0 Å². The van der Waals surface area contributed by atoms with Gasteiger partial charge in [-0.3, -0.25) is 4.90 Å². The molecule has 1 aromatic carbocycles. The Balaban J connectivity index is 2.74. The zero-order valence-electron chi connectivity index (χ0n) is 13.9. The monoisotopic (exact) mass is 276 g/mol. The first kappa shape index (κ1) is 17.2. The van der Waals surface area contributed by atoms with Gasteiger partial charge in [-0.1, -0.05) is 58.4 Å². The first-order valence-electron chi connectivity index (χ1n) is 8.11. The molecule has 1 rings (SSSR count). The Bertz CT molecular complexity index is 372. The fourth-order valence-corrected chi connectivity index (χ4v) is 2.59. The van der Waals surface area contributed by atoms with Crippen LogP contribution in [0.5, 0.6) is 0 Å². The van der Waals surface area contributed by atoms with E-state index in [0.717, 1.165) is 25.4 Å². The minimum absolute atomic E-state index is 0.0879. The zero-order chi connectivity index (χ0) is 15.1. The average molecular weight is 276 g/mol. The maximum absolute atomic E-state index is 6.48. The maximum atomic E-state index is 6.48. The number of hydrogen-bond donors (Lipinski definition) is 1. The summed E-state index contributed by atoms with van der Waals surface area (Å²) >= 11 is 0. The predicted octanol–water partition coefficient (Wildman–Crippen LogP) is 4.01. The SMILES string of the molecule is CCc1ccc(C(N)C(C)N(CC)CC(C)CC)cc1. The second-order valence-corrected chi connectivity index (χ2v) is 5.96. The normalized spacial score (nSPS) is 16.1. The van der Waals surface area contributed by atoms with Crippen LogP contribution in [0, 0.1) is 5.92 Å². The fraction of sp³-hybridized carbons (Fsp3) is 0.667. The summed E-state index contributed by atoms with van der Waals surface area (Å²) in [7, 11) is 0. The molecule has 2 nitrogen and oxygen atoms in total. The molecule has 3 unspecified atom stereocenters. The van der Waals surface area contributed by atoms with E-state index >= 15 is 0 Å². The summed E-state index contributed by atoms with van der Waals surface area (Å²) in [6.45, 7) is 13.4. The Morgan fingerprint density at radius 3 is 2.10 bits per heavy atom. The van der Waals surface area contributed by atoms with Gasteiger partial charge in [-0.05, 0) is 36.9 Å². The molecule has 0 radical (unpaired) electrons. The lowest BCUT2D eigenvalue weighted by molar-refractivity contribution is 0.167. The van der Waals surface area contributed by atoms with Gasteiger partial charge in [0.15, 0.2) is 0 Å². The summed E-state index contributed by atoms with van der Waals surface area (Å²) in [5, 5.41) is 0. The van der Waals surface area contributed by atoms with Crippen molar-refractivity contribution in [1.29, 1.82) is 0 Å². The average Bonchev–Trinajstić information content (AvgIpc) is 2.50. The van der Waals surface area contributed by atoms with Gasteiger partial charge in [-0.25, -0.2) is 0 Å². The summed E-state index contributed by atoms with van der Waals surface area (Å²) in [4.78, 5) is 2.51. The van der Waals surface area contributed by atoms with Crippen LogP contribution in [0.2, 0.25) is 0 Å². The third kappa shape index (κ3) is 4.60. The van der Waals surface area contributed by atoms with Crippen LogP contribution in [0.1, 0.15) is 58.2 Å². The molecule has 114 valence electrons. The maximum Gasteiger partial charge on any atom is 0.0450 e. The highest BCUT2D eigenvalue weighted by Crippen LogP contribution is 2.20. The van der Waals surface area contributed by atoms with Gasteiger partial charge in [0, 0.05) is 18.6 Å². The standard InChI is InChI=1S/C18H32N2/c1-6-14(4)13-20(8-3)15(5)18(19)17-11-9-16(7-2)10-12-17/h9-12,14-15,18H,6-8,13,19H2,1-5H3. The van der Waals surface area contributed by atoms with E-state index in [0.29, 0.717) is 6.04 Å². The molecule has 0 fully saturated rings. The number of hydrogen-bond acceptors (Lipinski definition) is 2. The van der Waals surface area contributed by atoms with Crippen LogP contribution >= 0.6 is 0 Å². The van der Waals surface area contributed by atoms with Gasteiger partial charge in [0.2, 0.25) is 0 Å². The quantitative estimate of drug-likeness (QED) is 0.777. The number of nitrogens with two attached hydrogens (primary N) is 1. The molecule has 2 heteroatoms. The zero-order valence-corrected chi connectivity index (χ0v) is 13.9. The van der Waals surface area contributed by atoms with Gasteiger partial charge in [0.25, 0.3) is 0 Å². The molecule has 0 aliphatic heterocycles. The van der Waals surface area contributed by atoms with Gasteiger partial charge in [-0.2, -0.15) is 0 Å². The Morgan fingerprint density at radius 2 is 1.65 bits per heavy atom. The lowest BCUT2D eigenvalue weighted by Gasteiger charge is -2.34. The van der Waals surface area contributed by atoms with Crippen molar-refractivity contribution < 1.29 is 0 Å². The predicted molar refractivity (Wildman–Crippen MR) is 88.9 cm³/mol. The summed E-state index contributed by atoms with van der Waals surface area (Å²) in [5.74, 6) is 0.729. The molecule has 0 saturated heterocycles. The van der Waals surface area contributed by atoms with Crippen LogP contribution in [0.3, 0.4) is 0 Å². The minimum Gasteiger partial charge on any atom is -0.323 e. The molecular weight excluding hydrogens is 244 g/mol. The van der Waals surface area contributed by atoms with Crippen LogP contribution in [0.25, 0.3) is 0 Å². The molecule has 2 N–H and O–H groups in total. The molecule has 0 amide bonds. The molecule has 0 heterocycles. The number of likely N-dealkylation sites (N-methyl/N-ethyl adjacent to an activating group) is 1. The van der Waals surface area contributed by atoms with Crippen LogP contribution in [0.4, 0.5) is 0 Å². The van der Waals surface area contributed by atoms with Crippen molar-refractivity contribution in [3.63, 3.8) is 0 Å². The van der Waals surface area contributed by atoms with Gasteiger partial charge in [0.1, 0.15) is 0 Å². The van der Waals surface area contributed by atoms with Crippen molar-refractivity contribution in [2.75, 3.05) is 13.1 Å². The Kier molecular flexibility index (Phi) is 7.25. The van der Waals surface area contributed by atoms with Crippen molar-refractivity contribution in [2.45, 2.75) is 59.5 Å². The largest absolute Gasteiger partial charge is 0.323 e. The highest BCUT2D eigenvalue weighted by atomic mass is 15.2. The van der Waals surface area contributed by atoms with Crippen LogP contribution in [0.15, 0.2) is 24.3 Å². The Labute approximate surface area is 125 Å². The fourth-order valence-electron chi connectivity index (χ4n) is 2.59. The summed E-state index contributed by atoms with van der Waals surface area (Å²) in [5.41, 5.74) is 9.11. The molecule has 3 atom stereocenters. The highest BCUT2D eigenvalue weighted by molar-refractivity contribution is 5.25. The van der Waals surface area contributed by atoms with Crippen LogP contribution in [-0.2, 0) is 6.42 Å². The van der Waals surface area contributed by atoms with E-state index < -0.39 is 0 Å². The van der Waals surface area contributed by atoms with Crippen LogP contribution in [-0.4, -0.2) is 24.0 Å². The Morgan fingerprint density at radius 1 is 1.05 bits per heavy atom. The van der Waals surface area contributed by atoms with Gasteiger partial charge < -0.3 is 5.73 Å². The Hall–Kier alpha value is -0.860. The van der Waals surface area contributed by atoms with Crippen molar-refractivity contribution in [3.8, 4) is 0 Å². The smallest absolute Gasteiger partial charge is 0.0450 e. The van der Waals surface area contributed by atoms with E-state index in [9.17, 15) is 0 Å². The number of nitrogens with zero attached hydrogens (tertiary/aromatic N) is 1. The first-order chi connectivity index (χ1) is 9.53. The molecular formula is C18H32N2. The summed E-state index contributed by atoms with van der Waals surface area (Å²) in [6, 6.07) is 9.25. The van der Waals surface area contributed by atoms with Gasteiger partial charge in [-0.15, -0.1) is 0 Å². The molecule has 20 heavy (non-hydrogen) atoms. The third-order valence-corrected chi connectivity index (χ3v) is 4.52. The van der Waals surface area contributed by atoms with E-state index in [4.69, 9.17) is 5.73 Å². The van der Waals surface area contributed by atoms with E-state index in [1.165, 1.54) is 17.5 Å². The second-order valence-electron chi connectivity index (χ2n) is 5.96. The molecule has 0 aliphatic rings. The molecule has 0 saturated carbocycles. The lowest BCUT2D eigenvalue weighted by atomic mass is 9.97. The molecule has 0 spiro atoms. The topological polar surface area (TPSA) is 29.3 Å². The number of benzene rings is 1. The molecule has 0 aromatic heterocycles. The highest BCUT2D eigenvalue weighted by Gasteiger charge is 2.21. The second kappa shape index (κ2) is 8.43. The number of aryl methyl sites for hydroxylation is 1. The molecule has 1 aromatic rings. The summed E-state index contributed by atoms with van der Waals surface area (Å²) in [6.07, 6.45) is 2.31. The van der Waals surface area contributed by atoms with E-state index in [1.54, 1.807) is 0 Å². The van der Waals surface area contributed by atoms with Gasteiger partial charge in [0.05, 0.1) is 0 Å². The molecule has 0 bridgehead atoms. The van der Waals surface area contributed by atoms with Crippen molar-refractivity contribution in [3.05, 3.63) is 35.4 Å². The number of rotatable bonds is 8. The van der Waals surface area contributed by atoms with Crippen LogP contribution < -0.4 is 5.73 Å². The van der Waals surface area contributed by atoms with Crippen molar-refractivity contribution in [2.24, 2.45) is 11.7 Å². The van der Waals surface area contributed by atoms with Crippen molar-refractivity contribution >= 4 is 0 Å². The minimum atomic E-state index is 0.0879. The van der Waals surface area contributed by atoms with E-state index in [-0.39, 0.29) is 6.04 Å². The lowest BCUT2D eigenvalue weighted by Crippen LogP contribution is -2.42.